The van der Waals surface area contributed by atoms with Crippen LogP contribution < -0.4 is 9.47 Å². The second-order valence-corrected chi connectivity index (χ2v) is 8.43. The minimum atomic E-state index is 0.522. The van der Waals surface area contributed by atoms with E-state index in [0.717, 1.165) is 29.7 Å². The Morgan fingerprint density at radius 2 is 2.00 bits per heavy atom. The van der Waals surface area contributed by atoms with E-state index < -0.39 is 0 Å². The summed E-state index contributed by atoms with van der Waals surface area (Å²) in [6.07, 6.45) is 3.90. The molecule has 0 N–H and O–H groups in total. The summed E-state index contributed by atoms with van der Waals surface area (Å²) in [7, 11) is 1.62. The van der Waals surface area contributed by atoms with Gasteiger partial charge >= 0.3 is 0 Å². The summed E-state index contributed by atoms with van der Waals surface area (Å²) < 4.78 is 12.4. The SMILES string of the molecule is CCCCOc1ccc(/C=C(\C#N)c2nc(-c3ccc(I)cc3)cs2)cc1OC. The summed E-state index contributed by atoms with van der Waals surface area (Å²) in [6.45, 7) is 2.78. The van der Waals surface area contributed by atoms with E-state index >= 15 is 0 Å². The Balaban J connectivity index is 1.84. The van der Waals surface area contributed by atoms with E-state index in [9.17, 15) is 5.26 Å². The predicted molar refractivity (Wildman–Crippen MR) is 127 cm³/mol. The van der Waals surface area contributed by atoms with Crippen molar-refractivity contribution < 1.29 is 9.47 Å². The number of hydrogen-bond acceptors (Lipinski definition) is 5. The number of nitriles is 1. The van der Waals surface area contributed by atoms with Crippen LogP contribution in [0.3, 0.4) is 0 Å². The van der Waals surface area contributed by atoms with Crippen LogP contribution in [-0.2, 0) is 0 Å². The minimum Gasteiger partial charge on any atom is -0.493 e. The van der Waals surface area contributed by atoms with Gasteiger partial charge in [-0.2, -0.15) is 5.26 Å². The highest BCUT2D eigenvalue weighted by Crippen LogP contribution is 2.31. The molecule has 29 heavy (non-hydrogen) atoms. The number of ether oxygens (including phenoxy) is 2. The molecular formula is C23H21IN2O2S. The monoisotopic (exact) mass is 516 g/mol. The third kappa shape index (κ3) is 5.58. The first-order chi connectivity index (χ1) is 14.1. The van der Waals surface area contributed by atoms with Crippen LogP contribution in [0.1, 0.15) is 30.3 Å². The lowest BCUT2D eigenvalue weighted by molar-refractivity contribution is 0.288. The van der Waals surface area contributed by atoms with Gasteiger partial charge < -0.3 is 9.47 Å². The minimum absolute atomic E-state index is 0.522. The topological polar surface area (TPSA) is 55.1 Å². The summed E-state index contributed by atoms with van der Waals surface area (Å²) in [5.41, 5.74) is 3.31. The number of nitrogens with zero attached hydrogens (tertiary/aromatic N) is 2. The number of allylic oxidation sites excluding steroid dienone is 1. The van der Waals surface area contributed by atoms with Gasteiger partial charge in [-0.05, 0) is 64.9 Å². The highest BCUT2D eigenvalue weighted by molar-refractivity contribution is 14.1. The summed E-state index contributed by atoms with van der Waals surface area (Å²) in [5, 5.41) is 12.4. The van der Waals surface area contributed by atoms with Crippen LogP contribution in [0.4, 0.5) is 0 Å². The molecule has 0 saturated carbocycles. The van der Waals surface area contributed by atoms with Gasteiger partial charge in [-0.1, -0.05) is 31.5 Å². The Hall–Kier alpha value is -2.37. The maximum atomic E-state index is 9.67. The molecule has 0 bridgehead atoms. The van der Waals surface area contributed by atoms with Crippen molar-refractivity contribution in [1.29, 1.82) is 5.26 Å². The molecule has 6 heteroatoms. The quantitative estimate of drug-likeness (QED) is 0.191. The van der Waals surface area contributed by atoms with E-state index in [1.807, 2.05) is 53.9 Å². The highest BCUT2D eigenvalue weighted by atomic mass is 127. The fourth-order valence-corrected chi connectivity index (χ4v) is 3.83. The lowest BCUT2D eigenvalue weighted by atomic mass is 10.1. The van der Waals surface area contributed by atoms with E-state index in [0.29, 0.717) is 28.7 Å². The van der Waals surface area contributed by atoms with Crippen LogP contribution in [-0.4, -0.2) is 18.7 Å². The average molecular weight is 516 g/mol. The van der Waals surface area contributed by atoms with Crippen molar-refractivity contribution in [3.63, 3.8) is 0 Å². The molecule has 0 aliphatic rings. The van der Waals surface area contributed by atoms with Crippen LogP contribution in [0, 0.1) is 14.9 Å². The number of methoxy groups -OCH3 is 1. The molecule has 0 unspecified atom stereocenters. The average Bonchev–Trinajstić information content (AvgIpc) is 3.23. The Labute approximate surface area is 189 Å². The molecule has 0 radical (unpaired) electrons. The maximum absolute atomic E-state index is 9.67. The Morgan fingerprint density at radius 3 is 2.69 bits per heavy atom. The van der Waals surface area contributed by atoms with Crippen molar-refractivity contribution in [2.45, 2.75) is 19.8 Å². The molecule has 2 aromatic carbocycles. The van der Waals surface area contributed by atoms with Crippen molar-refractivity contribution in [2.24, 2.45) is 0 Å². The maximum Gasteiger partial charge on any atom is 0.161 e. The second-order valence-electron chi connectivity index (χ2n) is 6.33. The first-order valence-corrected chi connectivity index (χ1v) is 11.2. The van der Waals surface area contributed by atoms with Crippen LogP contribution in [0.15, 0.2) is 47.8 Å². The van der Waals surface area contributed by atoms with Gasteiger partial charge in [-0.15, -0.1) is 11.3 Å². The van der Waals surface area contributed by atoms with Gasteiger partial charge in [-0.3, -0.25) is 0 Å². The Morgan fingerprint density at radius 1 is 1.21 bits per heavy atom. The van der Waals surface area contributed by atoms with Crippen molar-refractivity contribution in [3.8, 4) is 28.8 Å². The molecule has 3 rings (SSSR count). The number of hydrogen-bond donors (Lipinski definition) is 0. The summed E-state index contributed by atoms with van der Waals surface area (Å²) >= 11 is 3.75. The first-order valence-electron chi connectivity index (χ1n) is 9.29. The van der Waals surface area contributed by atoms with E-state index in [4.69, 9.17) is 9.47 Å². The first kappa shape index (κ1) is 21.3. The van der Waals surface area contributed by atoms with E-state index in [1.165, 1.54) is 14.9 Å². The van der Waals surface area contributed by atoms with E-state index in [2.05, 4.69) is 40.6 Å². The van der Waals surface area contributed by atoms with Gasteiger partial charge in [0.2, 0.25) is 0 Å². The molecular weight excluding hydrogens is 495 g/mol. The third-order valence-corrected chi connectivity index (χ3v) is 5.84. The van der Waals surface area contributed by atoms with Crippen molar-refractivity contribution in [1.82, 2.24) is 4.98 Å². The molecule has 4 nitrogen and oxygen atoms in total. The van der Waals surface area contributed by atoms with Crippen LogP contribution in [0.25, 0.3) is 22.9 Å². The van der Waals surface area contributed by atoms with Gasteiger partial charge in [0.15, 0.2) is 11.5 Å². The molecule has 0 spiro atoms. The second kappa shape index (κ2) is 10.4. The molecule has 0 saturated heterocycles. The Bertz CT molecular complexity index is 1040. The van der Waals surface area contributed by atoms with E-state index in [1.54, 1.807) is 7.11 Å². The number of rotatable bonds is 8. The lowest BCUT2D eigenvalue weighted by Gasteiger charge is -2.11. The van der Waals surface area contributed by atoms with Gasteiger partial charge in [-0.25, -0.2) is 4.98 Å². The van der Waals surface area contributed by atoms with Crippen LogP contribution in [0.5, 0.6) is 11.5 Å². The number of aromatic nitrogens is 1. The molecule has 0 aliphatic heterocycles. The molecule has 0 amide bonds. The molecule has 0 fully saturated rings. The largest absolute Gasteiger partial charge is 0.493 e. The third-order valence-electron chi connectivity index (χ3n) is 4.25. The molecule has 1 aromatic heterocycles. The predicted octanol–water partition coefficient (Wildman–Crippen LogP) is 6.67. The smallest absolute Gasteiger partial charge is 0.161 e. The van der Waals surface area contributed by atoms with E-state index in [-0.39, 0.29) is 0 Å². The number of benzene rings is 2. The zero-order valence-corrected chi connectivity index (χ0v) is 19.3. The van der Waals surface area contributed by atoms with Crippen molar-refractivity contribution in [2.75, 3.05) is 13.7 Å². The van der Waals surface area contributed by atoms with Gasteiger partial charge in [0, 0.05) is 14.5 Å². The number of unbranched alkanes of at least 4 members (excludes halogenated alkanes) is 1. The number of thiazole rings is 1. The molecule has 1 heterocycles. The van der Waals surface area contributed by atoms with Gasteiger partial charge in [0.25, 0.3) is 0 Å². The fourth-order valence-electron chi connectivity index (χ4n) is 2.68. The standard InChI is InChI=1S/C23H21IN2O2S/c1-3-4-11-28-21-10-5-16(13-22(21)27-2)12-18(14-25)23-26-20(15-29-23)17-6-8-19(24)9-7-17/h5-10,12-13,15H,3-4,11H2,1-2H3/b18-12+. The van der Waals surface area contributed by atoms with Crippen LogP contribution in [0.2, 0.25) is 0 Å². The van der Waals surface area contributed by atoms with Gasteiger partial charge in [0.1, 0.15) is 11.1 Å². The highest BCUT2D eigenvalue weighted by Gasteiger charge is 2.11. The zero-order chi connectivity index (χ0) is 20.6. The van der Waals surface area contributed by atoms with Crippen molar-refractivity contribution in [3.05, 3.63) is 62.0 Å². The molecule has 0 atom stereocenters. The lowest BCUT2D eigenvalue weighted by Crippen LogP contribution is -1.99. The fraction of sp³-hybridized carbons (Fsp3) is 0.217. The zero-order valence-electron chi connectivity index (χ0n) is 16.3. The number of halogens is 1. The molecule has 3 aromatic rings. The van der Waals surface area contributed by atoms with Crippen LogP contribution >= 0.6 is 33.9 Å². The molecule has 0 aliphatic carbocycles. The summed E-state index contributed by atoms with van der Waals surface area (Å²) in [5.74, 6) is 1.37. The molecule has 148 valence electrons. The Kier molecular flexibility index (Phi) is 7.67. The summed E-state index contributed by atoms with van der Waals surface area (Å²) in [4.78, 5) is 4.66. The normalized spacial score (nSPS) is 11.2. The summed E-state index contributed by atoms with van der Waals surface area (Å²) in [6, 6.07) is 16.1. The van der Waals surface area contributed by atoms with Crippen molar-refractivity contribution >= 4 is 45.6 Å². The van der Waals surface area contributed by atoms with Gasteiger partial charge in [0.05, 0.1) is 25.0 Å².